The second-order valence-electron chi connectivity index (χ2n) is 24.1. The van der Waals surface area contributed by atoms with Crippen LogP contribution in [0.1, 0.15) is 47.0 Å². The van der Waals surface area contributed by atoms with Crippen LogP contribution in [0.2, 0.25) is 0 Å². The lowest BCUT2D eigenvalue weighted by Gasteiger charge is -2.43. The summed E-state index contributed by atoms with van der Waals surface area (Å²) in [5.74, 6) is 0. The van der Waals surface area contributed by atoms with E-state index in [4.69, 9.17) is 75.7 Å². The van der Waals surface area contributed by atoms with E-state index in [1.807, 2.05) is 32.4 Å². The van der Waals surface area contributed by atoms with E-state index in [2.05, 4.69) is 5.32 Å². The fraction of sp³-hybridized carbons (Fsp3) is 0.964. The number of aliphatic hydroxyl groups excluding tert-OH is 2. The fourth-order valence-electron chi connectivity index (χ4n) is 10.9. The van der Waals surface area contributed by atoms with Gasteiger partial charge in [0.05, 0.1) is 141 Å². The van der Waals surface area contributed by atoms with E-state index in [0.717, 1.165) is 25.8 Å². The Morgan fingerprint density at radius 2 is 0.750 bits per heavy atom. The summed E-state index contributed by atoms with van der Waals surface area (Å²) in [7, 11) is 0.0585. The molecule has 0 radical (unpaired) electrons. The maximum absolute atomic E-state index is 14.2. The third kappa shape index (κ3) is 25.7. The van der Waals surface area contributed by atoms with Gasteiger partial charge in [0.25, 0.3) is 0 Å². The van der Waals surface area contributed by atoms with Gasteiger partial charge in [-0.2, -0.15) is 0 Å². The predicted octanol–water partition coefficient (Wildman–Crippen LogP) is 2.79. The van der Waals surface area contributed by atoms with E-state index in [0.29, 0.717) is 98.4 Å². The molecule has 0 bridgehead atoms. The number of hydrogen-bond acceptors (Lipinski definition) is 23. The molecule has 92 heavy (non-hydrogen) atoms. The van der Waals surface area contributed by atoms with Crippen LogP contribution < -0.4 is 5.32 Å². The van der Waals surface area contributed by atoms with Gasteiger partial charge in [-0.1, -0.05) is 0 Å². The molecule has 6 saturated heterocycles. The van der Waals surface area contributed by atoms with Crippen molar-refractivity contribution >= 4 is 42.9 Å². The van der Waals surface area contributed by atoms with Crippen LogP contribution in [0, 0.1) is 0 Å². The molecule has 33 nitrogen and oxygen atoms in total. The summed E-state index contributed by atoms with van der Waals surface area (Å²) >= 11 is 0. The van der Waals surface area contributed by atoms with Crippen LogP contribution in [-0.2, 0) is 83.7 Å². The SMILES string of the molecule is C[C@H]1CCC[C@@H](COP(=O)(N(C)C)N2C[C@@H](COP(=O)(N(C)C)N3CCN(C(=O)OCCOCCOCCO)CC3)O[C@@H](C)C2)O1.C[C@H]1CNC[C@@H](COP(=O)(N(C)C)N2C[C@@H](COP(=O)(N(C)C)N3CCN(C(=O)OCCOCCOCCO)CC3)O[C@@H](C)C2)O1. The summed E-state index contributed by atoms with van der Waals surface area (Å²) in [5, 5.41) is 20.7. The number of amides is 2. The predicted molar refractivity (Wildman–Crippen MR) is 343 cm³/mol. The van der Waals surface area contributed by atoms with Crippen LogP contribution in [-0.4, -0.2) is 372 Å². The molecule has 3 N–H and O–H groups in total. The zero-order valence-electron chi connectivity index (χ0n) is 56.8. The van der Waals surface area contributed by atoms with Gasteiger partial charge in [0.1, 0.15) is 13.2 Å². The molecule has 540 valence electrons. The fourth-order valence-corrected chi connectivity index (χ4v) is 19.0. The summed E-state index contributed by atoms with van der Waals surface area (Å²) in [6.07, 6.45) is 0.462. The molecule has 0 aromatic rings. The Kier molecular flexibility index (Phi) is 36.4. The largest absolute Gasteiger partial charge is 0.447 e. The minimum Gasteiger partial charge on any atom is -0.447 e. The molecule has 0 aromatic heterocycles. The molecular weight excluding hydrogens is 1290 g/mol. The zero-order valence-corrected chi connectivity index (χ0v) is 60.4. The quantitative estimate of drug-likeness (QED) is 0.0600. The average Bonchev–Trinajstić information content (AvgIpc) is 1.01. The first-order valence-electron chi connectivity index (χ1n) is 32.2. The van der Waals surface area contributed by atoms with E-state index in [1.165, 1.54) is 0 Å². The number of morpholine rings is 3. The van der Waals surface area contributed by atoms with Gasteiger partial charge in [-0.15, -0.1) is 0 Å². The highest BCUT2D eigenvalue weighted by Gasteiger charge is 2.46. The molecule has 6 aliphatic rings. The number of nitrogens with one attached hydrogen (secondary N) is 1. The molecule has 0 spiro atoms. The van der Waals surface area contributed by atoms with Crippen LogP contribution in [0.15, 0.2) is 0 Å². The Morgan fingerprint density at radius 3 is 1.12 bits per heavy atom. The van der Waals surface area contributed by atoms with Crippen molar-refractivity contribution in [1.29, 1.82) is 0 Å². The molecule has 6 fully saturated rings. The molecule has 6 heterocycles. The third-order valence-electron chi connectivity index (χ3n) is 15.7. The third-order valence-corrected chi connectivity index (χ3v) is 26.0. The highest BCUT2D eigenvalue weighted by molar-refractivity contribution is 7.54. The van der Waals surface area contributed by atoms with Crippen LogP contribution in [0.25, 0.3) is 0 Å². The summed E-state index contributed by atoms with van der Waals surface area (Å²) in [5.41, 5.74) is 0. The molecule has 0 aromatic carbocycles. The highest BCUT2D eigenvalue weighted by Crippen LogP contribution is 2.57. The zero-order chi connectivity index (χ0) is 67.5. The van der Waals surface area contributed by atoms with Gasteiger partial charge in [-0.05, 0) is 103 Å². The molecule has 6 rings (SSSR count). The lowest BCUT2D eigenvalue weighted by Crippen LogP contribution is -2.50. The Balaban J connectivity index is 0.000000334. The van der Waals surface area contributed by atoms with Crippen molar-refractivity contribution in [3.8, 4) is 0 Å². The first-order chi connectivity index (χ1) is 43.8. The lowest BCUT2D eigenvalue weighted by atomic mass is 10.1. The topological polar surface area (TPSA) is 317 Å². The van der Waals surface area contributed by atoms with Gasteiger partial charge in [0.2, 0.25) is 0 Å². The molecule has 6 aliphatic heterocycles. The minimum absolute atomic E-state index is 0.0180. The Hall–Kier alpha value is -1.46. The van der Waals surface area contributed by atoms with Gasteiger partial charge < -0.3 is 90.8 Å². The van der Waals surface area contributed by atoms with Crippen LogP contribution in [0.3, 0.4) is 0 Å². The van der Waals surface area contributed by atoms with Crippen molar-refractivity contribution in [2.45, 2.75) is 95.8 Å². The Morgan fingerprint density at radius 1 is 0.413 bits per heavy atom. The molecular formula is C55H113N11O22P4. The number of hydrogen-bond donors (Lipinski definition) is 3. The van der Waals surface area contributed by atoms with Crippen molar-refractivity contribution in [1.82, 2.24) is 52.5 Å². The summed E-state index contributed by atoms with van der Waals surface area (Å²) < 4.78 is 151. The lowest BCUT2D eigenvalue weighted by molar-refractivity contribution is -0.0822. The number of ether oxygens (including phenoxy) is 10. The molecule has 12 atom stereocenters. The van der Waals surface area contributed by atoms with Gasteiger partial charge in [-0.3, -0.25) is 18.3 Å². The van der Waals surface area contributed by atoms with E-state index in [1.54, 1.807) is 98.9 Å². The smallest absolute Gasteiger partial charge is 0.409 e. The number of aliphatic hydroxyl groups is 2. The Bertz CT molecular complexity index is 2170. The van der Waals surface area contributed by atoms with Crippen LogP contribution in [0.5, 0.6) is 0 Å². The van der Waals surface area contributed by atoms with Crippen LogP contribution in [0.4, 0.5) is 9.59 Å². The highest BCUT2D eigenvalue weighted by atomic mass is 31.2. The molecule has 0 aliphatic carbocycles. The number of piperazine rings is 2. The average molecular weight is 1400 g/mol. The molecule has 4 unspecified atom stereocenters. The monoisotopic (exact) mass is 1400 g/mol. The second-order valence-corrected chi connectivity index (χ2v) is 34.6. The second kappa shape index (κ2) is 41.2. The van der Waals surface area contributed by atoms with Crippen LogP contribution >= 0.6 is 30.7 Å². The number of carbonyl (C=O) groups excluding carboxylic acids is 2. The van der Waals surface area contributed by atoms with Crippen molar-refractivity contribution in [3.63, 3.8) is 0 Å². The summed E-state index contributed by atoms with van der Waals surface area (Å²) in [4.78, 5) is 28.2. The Labute approximate surface area is 546 Å². The van der Waals surface area contributed by atoms with Crippen molar-refractivity contribution < 1.29 is 104 Å². The number of nitrogens with zero attached hydrogens (tertiary/aromatic N) is 10. The van der Waals surface area contributed by atoms with Crippen molar-refractivity contribution in [3.05, 3.63) is 0 Å². The summed E-state index contributed by atoms with van der Waals surface area (Å²) in [6.45, 7) is 16.2. The minimum atomic E-state index is -3.46. The molecule has 0 saturated carbocycles. The first kappa shape index (κ1) is 81.2. The number of carbonyl (C=O) groups is 2. The standard InChI is InChI=1S/C28H57N5O11P2.C27H56N6O11P2/c1-24-8-7-9-26(43-24)22-41-46(37,30(5)6)33-20-25(2)44-27(21-33)23-42-45(36,29(3)4)32-12-10-31(11-13-32)28(35)40-19-18-39-17-16-38-15-14-34;1-23-17-28-18-25(43-23)21-41-46(37,30(5)6)33-19-24(2)44-26(20-33)22-42-45(36,29(3)4)32-9-7-31(8-10-32)27(35)40-16-15-39-14-13-38-12-11-34/h24-27,34H,7-23H2,1-6H3;23-26,28,34H,7-22H2,1-6H3/t24-,25-,26-,27-,45?,46?;23-,24-,25-,26-,45?,46?/m00/s1. The van der Waals surface area contributed by atoms with E-state index in [-0.39, 0.29) is 129 Å². The van der Waals surface area contributed by atoms with E-state index in [9.17, 15) is 27.8 Å². The van der Waals surface area contributed by atoms with Gasteiger partial charge in [-0.25, -0.2) is 47.0 Å². The maximum Gasteiger partial charge on any atom is 0.409 e. The van der Waals surface area contributed by atoms with E-state index < -0.39 is 55.1 Å². The summed E-state index contributed by atoms with van der Waals surface area (Å²) in [6, 6.07) is 0. The normalized spacial score (nSPS) is 27.9. The van der Waals surface area contributed by atoms with E-state index >= 15 is 0 Å². The maximum atomic E-state index is 14.2. The molecule has 2 amide bonds. The van der Waals surface area contributed by atoms with Gasteiger partial charge in [0.15, 0.2) is 0 Å². The van der Waals surface area contributed by atoms with Crippen molar-refractivity contribution in [2.75, 3.05) is 254 Å². The molecule has 37 heteroatoms. The first-order valence-corrected chi connectivity index (χ1v) is 38.3. The van der Waals surface area contributed by atoms with Crippen molar-refractivity contribution in [2.24, 2.45) is 0 Å². The number of rotatable bonds is 36. The van der Waals surface area contributed by atoms with Gasteiger partial charge >= 0.3 is 42.9 Å². The van der Waals surface area contributed by atoms with Gasteiger partial charge in [0, 0.05) is 91.6 Å².